The monoisotopic (exact) mass is 500 g/mol. The summed E-state index contributed by atoms with van der Waals surface area (Å²) in [6.07, 6.45) is 0.660. The number of carboxylic acid groups (broad SMARTS) is 1. The van der Waals surface area contributed by atoms with Crippen LogP contribution in [0.25, 0.3) is 10.8 Å². The average Bonchev–Trinajstić information content (AvgIpc) is 2.88. The Labute approximate surface area is 216 Å². The molecule has 0 radical (unpaired) electrons. The van der Waals surface area contributed by atoms with E-state index in [2.05, 4.69) is 34.5 Å². The largest absolute Gasteiger partial charge is 0.486 e. The molecule has 0 amide bonds. The van der Waals surface area contributed by atoms with Crippen molar-refractivity contribution in [3.63, 3.8) is 0 Å². The van der Waals surface area contributed by atoms with Gasteiger partial charge in [-0.15, -0.1) is 11.6 Å². The minimum Gasteiger partial charge on any atom is -0.486 e. The second-order valence-corrected chi connectivity index (χ2v) is 9.64. The summed E-state index contributed by atoms with van der Waals surface area (Å²) in [4.78, 5) is 14.1. The fourth-order valence-electron chi connectivity index (χ4n) is 5.09. The van der Waals surface area contributed by atoms with Crippen molar-refractivity contribution in [3.05, 3.63) is 101 Å². The number of aromatic carboxylic acids is 1. The van der Waals surface area contributed by atoms with E-state index in [-0.39, 0.29) is 11.6 Å². The number of benzene rings is 4. The molecule has 0 aliphatic carbocycles. The molecule has 2 unspecified atom stereocenters. The topological polar surface area (TPSA) is 61.8 Å². The molecule has 0 bridgehead atoms. The summed E-state index contributed by atoms with van der Waals surface area (Å²) in [5, 5.41) is 15.5. The Kier molecular flexibility index (Phi) is 6.86. The van der Waals surface area contributed by atoms with Crippen LogP contribution >= 0.6 is 11.6 Å². The molecule has 184 valence electrons. The van der Waals surface area contributed by atoms with Crippen LogP contribution in [0.15, 0.2) is 78.9 Å². The minimum absolute atomic E-state index is 0.0854. The molecular weight excluding hydrogens is 472 g/mol. The standard InChI is InChI=1S/C30H29ClN2O3/c1-19-14-15-25(20(2)28(19)30(34)35)33-18-22(36-27-13-6-5-12-26(27)33)16-17-32-29(31)24-11-7-9-21-8-3-4-10-23(21)24/h3-15,22,29,32H,16-18H2,1-2H3,(H,34,35). The Bertz CT molecular complexity index is 1420. The van der Waals surface area contributed by atoms with Crippen LogP contribution < -0.4 is 15.0 Å². The third-order valence-electron chi connectivity index (χ3n) is 6.87. The van der Waals surface area contributed by atoms with Gasteiger partial charge in [-0.05, 0) is 65.9 Å². The van der Waals surface area contributed by atoms with Crippen molar-refractivity contribution in [3.8, 4) is 5.75 Å². The van der Waals surface area contributed by atoms with Crippen molar-refractivity contribution in [1.82, 2.24) is 5.32 Å². The number of hydrogen-bond donors (Lipinski definition) is 2. The second kappa shape index (κ2) is 10.2. The normalized spacial score (nSPS) is 15.9. The van der Waals surface area contributed by atoms with Gasteiger partial charge in [-0.25, -0.2) is 4.79 Å². The van der Waals surface area contributed by atoms with E-state index in [1.807, 2.05) is 68.4 Å². The fourth-order valence-corrected chi connectivity index (χ4v) is 5.39. The number of anilines is 2. The van der Waals surface area contributed by atoms with Crippen LogP contribution in [0.5, 0.6) is 5.75 Å². The number of para-hydroxylation sites is 2. The second-order valence-electron chi connectivity index (χ2n) is 9.20. The minimum atomic E-state index is -0.907. The van der Waals surface area contributed by atoms with Crippen molar-refractivity contribution in [2.24, 2.45) is 0 Å². The van der Waals surface area contributed by atoms with Crippen LogP contribution in [0.3, 0.4) is 0 Å². The SMILES string of the molecule is Cc1ccc(N2CC(CCNC(Cl)c3cccc4ccccc34)Oc3ccccc32)c(C)c1C(=O)O. The number of alkyl halides is 1. The Hall–Kier alpha value is -3.54. The van der Waals surface area contributed by atoms with Crippen molar-refractivity contribution in [2.75, 3.05) is 18.0 Å². The lowest BCUT2D eigenvalue weighted by Gasteiger charge is -2.37. The number of nitrogens with one attached hydrogen (secondary N) is 1. The molecule has 5 nitrogen and oxygen atoms in total. The predicted octanol–water partition coefficient (Wildman–Crippen LogP) is 6.97. The number of fused-ring (bicyclic) bond motifs is 2. The number of rotatable bonds is 7. The number of halogens is 1. The van der Waals surface area contributed by atoms with Gasteiger partial charge in [-0.1, -0.05) is 60.7 Å². The van der Waals surface area contributed by atoms with E-state index in [4.69, 9.17) is 16.3 Å². The Morgan fingerprint density at radius 2 is 1.78 bits per heavy atom. The van der Waals surface area contributed by atoms with Gasteiger partial charge in [-0.2, -0.15) is 0 Å². The molecule has 4 aromatic rings. The Balaban J connectivity index is 1.34. The van der Waals surface area contributed by atoms with E-state index in [0.717, 1.165) is 45.6 Å². The van der Waals surface area contributed by atoms with Gasteiger partial charge in [0.2, 0.25) is 0 Å². The highest BCUT2D eigenvalue weighted by Gasteiger charge is 2.29. The first-order valence-electron chi connectivity index (χ1n) is 12.2. The lowest BCUT2D eigenvalue weighted by Crippen LogP contribution is -2.39. The summed E-state index contributed by atoms with van der Waals surface area (Å²) in [5.74, 6) is -0.113. The summed E-state index contributed by atoms with van der Waals surface area (Å²) in [6, 6.07) is 26.2. The molecule has 4 aromatic carbocycles. The number of aryl methyl sites for hydroxylation is 1. The predicted molar refractivity (Wildman–Crippen MR) is 146 cm³/mol. The zero-order chi connectivity index (χ0) is 25.2. The van der Waals surface area contributed by atoms with E-state index >= 15 is 0 Å². The fraction of sp³-hybridized carbons (Fsp3) is 0.233. The molecule has 5 rings (SSSR count). The van der Waals surface area contributed by atoms with Crippen LogP contribution in [0.4, 0.5) is 11.4 Å². The Morgan fingerprint density at radius 1 is 1.03 bits per heavy atom. The summed E-state index contributed by atoms with van der Waals surface area (Å²) in [5.41, 5.74) is 4.44. The Morgan fingerprint density at radius 3 is 2.61 bits per heavy atom. The third kappa shape index (κ3) is 4.64. The molecule has 1 aliphatic rings. The molecule has 36 heavy (non-hydrogen) atoms. The molecule has 0 saturated heterocycles. The molecule has 0 saturated carbocycles. The zero-order valence-electron chi connectivity index (χ0n) is 20.4. The van der Waals surface area contributed by atoms with Gasteiger partial charge in [0, 0.05) is 12.2 Å². The summed E-state index contributed by atoms with van der Waals surface area (Å²) < 4.78 is 6.34. The van der Waals surface area contributed by atoms with Crippen molar-refractivity contribution < 1.29 is 14.6 Å². The number of carboxylic acids is 1. The van der Waals surface area contributed by atoms with Gasteiger partial charge in [0.1, 0.15) is 17.4 Å². The van der Waals surface area contributed by atoms with Crippen LogP contribution in [0.2, 0.25) is 0 Å². The van der Waals surface area contributed by atoms with E-state index in [0.29, 0.717) is 18.7 Å². The number of nitrogens with zero attached hydrogens (tertiary/aromatic N) is 1. The summed E-state index contributed by atoms with van der Waals surface area (Å²) in [6.45, 7) is 5.00. The van der Waals surface area contributed by atoms with Crippen LogP contribution in [-0.2, 0) is 0 Å². The van der Waals surface area contributed by atoms with Gasteiger partial charge >= 0.3 is 5.97 Å². The summed E-state index contributed by atoms with van der Waals surface area (Å²) in [7, 11) is 0. The molecule has 2 N–H and O–H groups in total. The molecule has 0 fully saturated rings. The van der Waals surface area contributed by atoms with Gasteiger partial charge in [0.25, 0.3) is 0 Å². The first-order chi connectivity index (χ1) is 17.4. The number of ether oxygens (including phenoxy) is 1. The van der Waals surface area contributed by atoms with Gasteiger partial charge in [0.05, 0.1) is 17.8 Å². The molecule has 6 heteroatoms. The van der Waals surface area contributed by atoms with Gasteiger partial charge in [-0.3, -0.25) is 5.32 Å². The zero-order valence-corrected chi connectivity index (χ0v) is 21.1. The lowest BCUT2D eigenvalue weighted by atomic mass is 9.99. The van der Waals surface area contributed by atoms with E-state index < -0.39 is 5.97 Å². The van der Waals surface area contributed by atoms with Crippen molar-refractivity contribution in [2.45, 2.75) is 31.9 Å². The molecule has 0 spiro atoms. The van der Waals surface area contributed by atoms with Crippen LogP contribution in [-0.4, -0.2) is 30.3 Å². The lowest BCUT2D eigenvalue weighted by molar-refractivity contribution is 0.0695. The molecule has 1 aliphatic heterocycles. The maximum atomic E-state index is 11.9. The van der Waals surface area contributed by atoms with E-state index in [9.17, 15) is 9.90 Å². The maximum absolute atomic E-state index is 11.9. The van der Waals surface area contributed by atoms with Gasteiger partial charge < -0.3 is 14.7 Å². The first-order valence-corrected chi connectivity index (χ1v) is 12.6. The van der Waals surface area contributed by atoms with Crippen LogP contribution in [0.1, 0.15) is 39.0 Å². The highest BCUT2D eigenvalue weighted by atomic mass is 35.5. The van der Waals surface area contributed by atoms with Crippen molar-refractivity contribution in [1.29, 1.82) is 0 Å². The van der Waals surface area contributed by atoms with Crippen LogP contribution in [0, 0.1) is 13.8 Å². The summed E-state index contributed by atoms with van der Waals surface area (Å²) >= 11 is 6.77. The maximum Gasteiger partial charge on any atom is 0.336 e. The molecule has 0 aromatic heterocycles. The smallest absolute Gasteiger partial charge is 0.336 e. The van der Waals surface area contributed by atoms with Crippen molar-refractivity contribution >= 4 is 39.7 Å². The molecular formula is C30H29ClN2O3. The van der Waals surface area contributed by atoms with E-state index in [1.54, 1.807) is 0 Å². The quantitative estimate of drug-likeness (QED) is 0.212. The number of hydrogen-bond acceptors (Lipinski definition) is 4. The molecule has 2 atom stereocenters. The van der Waals surface area contributed by atoms with E-state index in [1.165, 1.54) is 5.39 Å². The molecule has 1 heterocycles. The first kappa shape index (κ1) is 24.2. The van der Waals surface area contributed by atoms with Gasteiger partial charge in [0.15, 0.2) is 0 Å². The highest BCUT2D eigenvalue weighted by Crippen LogP contribution is 2.40. The average molecular weight is 501 g/mol. The highest BCUT2D eigenvalue weighted by molar-refractivity contribution is 6.21. The number of carbonyl (C=O) groups is 1. The third-order valence-corrected chi connectivity index (χ3v) is 7.26.